The van der Waals surface area contributed by atoms with Gasteiger partial charge in [0.15, 0.2) is 5.13 Å². The molecule has 0 spiro atoms. The Labute approximate surface area is 186 Å². The summed E-state index contributed by atoms with van der Waals surface area (Å²) in [5.74, 6) is -0.181. The number of benzene rings is 2. The molecule has 4 nitrogen and oxygen atoms in total. The van der Waals surface area contributed by atoms with Gasteiger partial charge in [0.05, 0.1) is 17.9 Å². The van der Waals surface area contributed by atoms with Crippen LogP contribution in [0.3, 0.4) is 0 Å². The fourth-order valence-electron chi connectivity index (χ4n) is 2.88. The van der Waals surface area contributed by atoms with E-state index in [1.807, 2.05) is 6.92 Å². The van der Waals surface area contributed by atoms with E-state index >= 15 is 0 Å². The van der Waals surface area contributed by atoms with E-state index < -0.39 is 18.4 Å². The van der Waals surface area contributed by atoms with Gasteiger partial charge in [-0.1, -0.05) is 19.8 Å². The third kappa shape index (κ3) is 6.56. The summed E-state index contributed by atoms with van der Waals surface area (Å²) in [6, 6.07) is 9.72. The highest BCUT2D eigenvalue weighted by Gasteiger charge is 2.34. The molecule has 3 aromatic rings. The number of thiazole rings is 1. The second-order valence-electron chi connectivity index (χ2n) is 6.83. The molecule has 0 fully saturated rings. The van der Waals surface area contributed by atoms with Crippen LogP contribution < -0.4 is 14.8 Å². The molecule has 1 heterocycles. The van der Waals surface area contributed by atoms with Gasteiger partial charge in [0.25, 0.3) is 0 Å². The summed E-state index contributed by atoms with van der Waals surface area (Å²) in [4.78, 5) is 4.36. The Balaban J connectivity index is 1.72. The maximum absolute atomic E-state index is 13.5. The van der Waals surface area contributed by atoms with Gasteiger partial charge in [-0.3, -0.25) is 0 Å². The van der Waals surface area contributed by atoms with Crippen LogP contribution in [0, 0.1) is 0 Å². The summed E-state index contributed by atoms with van der Waals surface area (Å²) in [6.45, 7) is -0.686. The predicted octanol–water partition coefficient (Wildman–Crippen LogP) is 7.74. The van der Waals surface area contributed by atoms with Gasteiger partial charge in [-0.05, 0) is 48.9 Å². The zero-order valence-electron chi connectivity index (χ0n) is 17.1. The van der Waals surface area contributed by atoms with E-state index in [0.29, 0.717) is 22.8 Å². The fraction of sp³-hybridized carbons (Fsp3) is 0.318. The molecule has 0 unspecified atom stereocenters. The molecule has 32 heavy (non-hydrogen) atoms. The number of alkyl halides is 5. The van der Waals surface area contributed by atoms with Crippen molar-refractivity contribution in [1.29, 1.82) is 0 Å². The summed E-state index contributed by atoms with van der Waals surface area (Å²) in [5, 5.41) is 4.97. The van der Waals surface area contributed by atoms with Gasteiger partial charge in [-0.15, -0.1) is 11.3 Å². The quantitative estimate of drug-likeness (QED) is 0.242. The maximum atomic E-state index is 13.5. The number of ether oxygens (including phenoxy) is 2. The van der Waals surface area contributed by atoms with E-state index in [4.69, 9.17) is 4.74 Å². The minimum absolute atomic E-state index is 0.0222. The van der Waals surface area contributed by atoms with Crippen molar-refractivity contribution in [3.8, 4) is 22.8 Å². The first-order valence-electron chi connectivity index (χ1n) is 9.88. The molecule has 0 radical (unpaired) electrons. The van der Waals surface area contributed by atoms with Crippen molar-refractivity contribution in [2.75, 3.05) is 11.9 Å². The molecule has 1 aromatic heterocycles. The number of hydrogen-bond donors (Lipinski definition) is 1. The average molecular weight is 472 g/mol. The van der Waals surface area contributed by atoms with Gasteiger partial charge >= 0.3 is 12.8 Å². The van der Waals surface area contributed by atoms with E-state index in [1.54, 1.807) is 17.5 Å². The Bertz CT molecular complexity index is 1010. The van der Waals surface area contributed by atoms with Gasteiger partial charge in [-0.25, -0.2) is 4.98 Å². The molecule has 0 bridgehead atoms. The van der Waals surface area contributed by atoms with Gasteiger partial charge < -0.3 is 14.8 Å². The average Bonchev–Trinajstić information content (AvgIpc) is 3.20. The van der Waals surface area contributed by atoms with Crippen molar-refractivity contribution < 1.29 is 31.4 Å². The number of halogens is 5. The lowest BCUT2D eigenvalue weighted by Crippen LogP contribution is -2.10. The zero-order chi connectivity index (χ0) is 23.1. The molecular weight excluding hydrogens is 451 g/mol. The second-order valence-corrected chi connectivity index (χ2v) is 7.69. The Kier molecular flexibility index (Phi) is 7.89. The summed E-state index contributed by atoms with van der Waals surface area (Å²) < 4.78 is 74.7. The molecule has 0 saturated heterocycles. The van der Waals surface area contributed by atoms with E-state index in [2.05, 4.69) is 15.0 Å². The van der Waals surface area contributed by atoms with E-state index in [-0.39, 0.29) is 23.8 Å². The maximum Gasteiger partial charge on any atom is 0.420 e. The topological polar surface area (TPSA) is 43.4 Å². The number of anilines is 2. The van der Waals surface area contributed by atoms with Crippen molar-refractivity contribution >= 4 is 22.2 Å². The van der Waals surface area contributed by atoms with Crippen LogP contribution in [0.15, 0.2) is 47.8 Å². The molecule has 0 atom stereocenters. The third-order valence-corrected chi connectivity index (χ3v) is 5.18. The first-order valence-corrected chi connectivity index (χ1v) is 10.8. The van der Waals surface area contributed by atoms with Crippen molar-refractivity contribution in [1.82, 2.24) is 4.98 Å². The lowest BCUT2D eigenvalue weighted by Gasteiger charge is -2.15. The molecule has 2 aromatic carbocycles. The first-order chi connectivity index (χ1) is 15.3. The summed E-state index contributed by atoms with van der Waals surface area (Å²) >= 11 is 1.20. The monoisotopic (exact) mass is 472 g/mol. The number of nitrogens with zero attached hydrogens (tertiary/aromatic N) is 1. The largest absolute Gasteiger partial charge is 0.493 e. The standard InChI is InChI=1S/C22H21F5N2O2S/c1-2-3-4-11-30-19-10-7-15(12-17(19)22(25,26)27)28-21-29-18(13-32-21)14-5-8-16(9-6-14)31-20(23)24/h5-10,12-13,20H,2-4,11H2,1H3,(H,28,29). The van der Waals surface area contributed by atoms with Crippen molar-refractivity contribution in [2.45, 2.75) is 39.0 Å². The number of nitrogens with one attached hydrogen (secondary N) is 1. The predicted molar refractivity (Wildman–Crippen MR) is 114 cm³/mol. The normalized spacial score (nSPS) is 11.6. The van der Waals surface area contributed by atoms with E-state index in [9.17, 15) is 22.0 Å². The van der Waals surface area contributed by atoms with Crippen molar-refractivity contribution in [3.63, 3.8) is 0 Å². The molecule has 0 aliphatic rings. The molecule has 3 rings (SSSR count). The van der Waals surface area contributed by atoms with Crippen LogP contribution in [0.4, 0.5) is 32.8 Å². The molecular formula is C22H21F5N2O2S. The van der Waals surface area contributed by atoms with Crippen LogP contribution in [0.5, 0.6) is 11.5 Å². The highest BCUT2D eigenvalue weighted by molar-refractivity contribution is 7.14. The third-order valence-electron chi connectivity index (χ3n) is 4.42. The molecule has 172 valence electrons. The highest BCUT2D eigenvalue weighted by atomic mass is 32.1. The SMILES string of the molecule is CCCCCOc1ccc(Nc2nc(-c3ccc(OC(F)F)cc3)cs2)cc1C(F)(F)F. The molecule has 0 aliphatic carbocycles. The van der Waals surface area contributed by atoms with Crippen molar-refractivity contribution in [2.24, 2.45) is 0 Å². The summed E-state index contributed by atoms with van der Waals surface area (Å²) in [6.07, 6.45) is -2.05. The lowest BCUT2D eigenvalue weighted by atomic mass is 10.1. The number of hydrogen-bond acceptors (Lipinski definition) is 5. The molecule has 1 N–H and O–H groups in total. The lowest BCUT2D eigenvalue weighted by molar-refractivity contribution is -0.138. The van der Waals surface area contributed by atoms with Gasteiger partial charge in [0, 0.05) is 16.6 Å². The molecule has 0 aliphatic heterocycles. The smallest absolute Gasteiger partial charge is 0.420 e. The second kappa shape index (κ2) is 10.6. The molecule has 10 heteroatoms. The van der Waals surface area contributed by atoms with Crippen LogP contribution in [0.1, 0.15) is 31.7 Å². The summed E-state index contributed by atoms with van der Waals surface area (Å²) in [5.41, 5.74) is 0.570. The first kappa shape index (κ1) is 23.8. The number of rotatable bonds is 10. The molecule has 0 amide bonds. The van der Waals surface area contributed by atoms with Crippen LogP contribution in [-0.4, -0.2) is 18.2 Å². The Hall–Kier alpha value is -2.88. The summed E-state index contributed by atoms with van der Waals surface area (Å²) in [7, 11) is 0. The Morgan fingerprint density at radius 1 is 1.06 bits per heavy atom. The van der Waals surface area contributed by atoms with Gasteiger partial charge in [0.1, 0.15) is 11.5 Å². The Morgan fingerprint density at radius 3 is 2.47 bits per heavy atom. The Morgan fingerprint density at radius 2 is 1.81 bits per heavy atom. The van der Waals surface area contributed by atoms with E-state index in [1.165, 1.54) is 35.6 Å². The minimum atomic E-state index is -4.56. The van der Waals surface area contributed by atoms with Gasteiger partial charge in [0.2, 0.25) is 0 Å². The zero-order valence-corrected chi connectivity index (χ0v) is 17.9. The highest BCUT2D eigenvalue weighted by Crippen LogP contribution is 2.39. The number of aromatic nitrogens is 1. The van der Waals surface area contributed by atoms with Crippen molar-refractivity contribution in [3.05, 3.63) is 53.4 Å². The number of unbranched alkanes of at least 4 members (excludes halogenated alkanes) is 2. The fourth-order valence-corrected chi connectivity index (χ4v) is 3.62. The van der Waals surface area contributed by atoms with Gasteiger partial charge in [-0.2, -0.15) is 22.0 Å². The van der Waals surface area contributed by atoms with Crippen LogP contribution in [-0.2, 0) is 6.18 Å². The van der Waals surface area contributed by atoms with Crippen LogP contribution in [0.2, 0.25) is 0 Å². The minimum Gasteiger partial charge on any atom is -0.493 e. The molecule has 0 saturated carbocycles. The van der Waals surface area contributed by atoms with Crippen LogP contribution in [0.25, 0.3) is 11.3 Å². The van der Waals surface area contributed by atoms with Crippen LogP contribution >= 0.6 is 11.3 Å². The van der Waals surface area contributed by atoms with E-state index in [0.717, 1.165) is 18.9 Å².